The van der Waals surface area contributed by atoms with Gasteiger partial charge in [0.1, 0.15) is 10.3 Å². The van der Waals surface area contributed by atoms with Gasteiger partial charge in [0.15, 0.2) is 0 Å². The number of sulfonamides is 2. The van der Waals surface area contributed by atoms with Crippen LogP contribution >= 0.6 is 22.9 Å². The minimum absolute atomic E-state index is 0.00000457. The van der Waals surface area contributed by atoms with Gasteiger partial charge in [-0.05, 0) is 75.2 Å². The van der Waals surface area contributed by atoms with Crippen molar-refractivity contribution in [3.05, 3.63) is 29.3 Å². The summed E-state index contributed by atoms with van der Waals surface area (Å²) in [5.74, 6) is -0.458. The van der Waals surface area contributed by atoms with Gasteiger partial charge in [-0.3, -0.25) is 14.5 Å². The Bertz CT molecular complexity index is 1550. The largest absolute Gasteiger partial charge is 0.337 e. The summed E-state index contributed by atoms with van der Waals surface area (Å²) in [6.45, 7) is 4.63. The third-order valence-corrected chi connectivity index (χ3v) is 13.8. The average Bonchev–Trinajstić information content (AvgIpc) is 3.70. The number of nitrogens with one attached hydrogen (secondary N) is 1. The zero-order valence-corrected chi connectivity index (χ0v) is 27.1. The Balaban J connectivity index is 1.17. The number of hydrogen-bond acceptors (Lipinski definition) is 8. The Morgan fingerprint density at radius 1 is 1.10 bits per heavy atom. The Labute approximate surface area is 256 Å². The van der Waals surface area contributed by atoms with Crippen LogP contribution in [0.5, 0.6) is 0 Å². The first-order valence-electron chi connectivity index (χ1n) is 14.4. The topological polar surface area (TPSA) is 127 Å². The summed E-state index contributed by atoms with van der Waals surface area (Å²) in [4.78, 5) is 32.3. The van der Waals surface area contributed by atoms with Crippen LogP contribution in [-0.2, 0) is 29.6 Å². The fourth-order valence-corrected chi connectivity index (χ4v) is 10.0. The Morgan fingerprint density at radius 2 is 1.86 bits per heavy atom. The number of amides is 2. The van der Waals surface area contributed by atoms with Crippen LogP contribution < -0.4 is 4.72 Å². The molecular weight excluding hydrogens is 622 g/mol. The number of likely N-dealkylation sites (N-methyl/N-ethyl adjacent to an activating group) is 1. The molecule has 0 aliphatic carbocycles. The molecule has 1 aromatic heterocycles. The highest BCUT2D eigenvalue weighted by atomic mass is 35.5. The summed E-state index contributed by atoms with van der Waals surface area (Å²) in [5.41, 5.74) is 0. The molecule has 2 aromatic rings. The molecule has 11 nitrogen and oxygen atoms in total. The molecule has 2 amide bonds. The summed E-state index contributed by atoms with van der Waals surface area (Å²) in [5, 5.41) is 1.23. The predicted octanol–water partition coefficient (Wildman–Crippen LogP) is 2.17. The maximum Gasteiger partial charge on any atom is 0.250 e. The van der Waals surface area contributed by atoms with E-state index in [1.54, 1.807) is 38.2 Å². The van der Waals surface area contributed by atoms with E-state index in [9.17, 15) is 26.4 Å². The van der Waals surface area contributed by atoms with Crippen molar-refractivity contribution in [1.82, 2.24) is 23.7 Å². The van der Waals surface area contributed by atoms with Crippen LogP contribution in [0.2, 0.25) is 5.02 Å². The molecule has 0 spiro atoms. The van der Waals surface area contributed by atoms with E-state index in [-0.39, 0.29) is 40.4 Å². The number of hydrogen-bond donors (Lipinski definition) is 1. The van der Waals surface area contributed by atoms with Crippen LogP contribution in [0.4, 0.5) is 0 Å². The number of benzene rings is 1. The van der Waals surface area contributed by atoms with Crippen molar-refractivity contribution in [3.63, 3.8) is 0 Å². The lowest BCUT2D eigenvalue weighted by Crippen LogP contribution is -2.55. The molecule has 0 radical (unpaired) electrons. The number of fused-ring (bicyclic) bond motifs is 1. The quantitative estimate of drug-likeness (QED) is 0.414. The van der Waals surface area contributed by atoms with Crippen LogP contribution in [0.3, 0.4) is 0 Å². The van der Waals surface area contributed by atoms with Crippen molar-refractivity contribution < 1.29 is 26.4 Å². The molecule has 4 heterocycles. The lowest BCUT2D eigenvalue weighted by Gasteiger charge is -2.35. The molecular formula is C27H38ClN5O6S3. The maximum atomic E-state index is 13.4. The van der Waals surface area contributed by atoms with Crippen molar-refractivity contribution in [2.75, 3.05) is 52.1 Å². The lowest BCUT2D eigenvalue weighted by molar-refractivity contribution is -0.143. The monoisotopic (exact) mass is 659 g/mol. The van der Waals surface area contributed by atoms with Crippen LogP contribution in [0.15, 0.2) is 28.5 Å². The minimum Gasteiger partial charge on any atom is -0.337 e. The Hall–Kier alpha value is -1.81. The van der Waals surface area contributed by atoms with E-state index < -0.39 is 26.1 Å². The number of nitrogens with zero attached hydrogens (tertiary/aromatic N) is 4. The van der Waals surface area contributed by atoms with Gasteiger partial charge in [-0.25, -0.2) is 21.1 Å². The molecule has 3 aliphatic heterocycles. The van der Waals surface area contributed by atoms with Gasteiger partial charge in [0.05, 0.1) is 12.3 Å². The second-order valence-electron chi connectivity index (χ2n) is 11.3. The molecule has 42 heavy (non-hydrogen) atoms. The van der Waals surface area contributed by atoms with Gasteiger partial charge in [0.25, 0.3) is 10.0 Å². The standard InChI is InChI=1S/C27H38ClN5O6S3/c1-3-41(36,37)30(2)21-10-13-31(16-21)17-22-6-4-12-33(22)25(34)18-32-11-5-7-23(27(32)35)29-42(38,39)26-15-19-14-20(28)8-9-24(19)40-26/h8-9,14-15,21-23,29H,3-7,10-13,16-18H2,1-2H3/t21?,22-,23-/m0/s1. The fourth-order valence-electron chi connectivity index (χ4n) is 6.19. The SMILES string of the molecule is CCS(=O)(=O)N(C)C1CCN(C[C@@H]2CCCN2C(=O)CN2CCC[C@H](NS(=O)(=O)c3cc4cc(Cl)ccc4s3)C2=O)C1. The molecule has 5 rings (SSSR count). The number of likely N-dealkylation sites (tertiary alicyclic amines) is 3. The van der Waals surface area contributed by atoms with Gasteiger partial charge in [-0.1, -0.05) is 11.6 Å². The summed E-state index contributed by atoms with van der Waals surface area (Å²) in [7, 11) is -5.56. The third-order valence-electron chi connectivity index (χ3n) is 8.61. The molecule has 15 heteroatoms. The van der Waals surface area contributed by atoms with Gasteiger partial charge in [-0.15, -0.1) is 11.3 Å². The number of halogens is 1. The molecule has 1 unspecified atom stereocenters. The molecule has 232 valence electrons. The zero-order chi connectivity index (χ0) is 30.2. The summed E-state index contributed by atoms with van der Waals surface area (Å²) in [6.07, 6.45) is 3.43. The van der Waals surface area contributed by atoms with Crippen LogP contribution in [-0.4, -0.2) is 118 Å². The minimum atomic E-state index is -3.94. The molecule has 0 saturated carbocycles. The van der Waals surface area contributed by atoms with Crippen molar-refractivity contribution in [2.45, 2.75) is 61.4 Å². The second kappa shape index (κ2) is 12.7. The number of piperidine rings is 1. The molecule has 0 bridgehead atoms. The number of carbonyl (C=O) groups is 2. The van der Waals surface area contributed by atoms with E-state index in [0.29, 0.717) is 44.0 Å². The van der Waals surface area contributed by atoms with E-state index >= 15 is 0 Å². The van der Waals surface area contributed by atoms with Crippen LogP contribution in [0.1, 0.15) is 39.0 Å². The van der Waals surface area contributed by atoms with E-state index in [1.165, 1.54) is 9.21 Å². The van der Waals surface area contributed by atoms with Gasteiger partial charge in [0.2, 0.25) is 21.8 Å². The Kier molecular flexibility index (Phi) is 9.53. The van der Waals surface area contributed by atoms with Crippen LogP contribution in [0, 0.1) is 0 Å². The first-order valence-corrected chi connectivity index (χ1v) is 18.6. The smallest absolute Gasteiger partial charge is 0.250 e. The second-order valence-corrected chi connectivity index (χ2v) is 17.1. The first kappa shape index (κ1) is 31.6. The molecule has 1 N–H and O–H groups in total. The highest BCUT2D eigenvalue weighted by Crippen LogP contribution is 2.31. The normalized spacial score (nSPS) is 24.4. The fraction of sp³-hybridized carbons (Fsp3) is 0.630. The van der Waals surface area contributed by atoms with Crippen LogP contribution in [0.25, 0.3) is 10.1 Å². The van der Waals surface area contributed by atoms with Crippen molar-refractivity contribution >= 4 is 64.9 Å². The molecule has 3 fully saturated rings. The van der Waals surface area contributed by atoms with E-state index in [2.05, 4.69) is 9.62 Å². The van der Waals surface area contributed by atoms with Gasteiger partial charge in [-0.2, -0.15) is 4.72 Å². The molecule has 1 aromatic carbocycles. The maximum absolute atomic E-state index is 13.4. The number of thiophene rings is 1. The molecule has 3 saturated heterocycles. The zero-order valence-electron chi connectivity index (χ0n) is 23.9. The van der Waals surface area contributed by atoms with Gasteiger partial charge < -0.3 is 9.80 Å². The Morgan fingerprint density at radius 3 is 2.62 bits per heavy atom. The highest BCUT2D eigenvalue weighted by molar-refractivity contribution is 7.91. The third kappa shape index (κ3) is 6.79. The van der Waals surface area contributed by atoms with Crippen molar-refractivity contribution in [1.29, 1.82) is 0 Å². The number of rotatable bonds is 10. The highest BCUT2D eigenvalue weighted by Gasteiger charge is 2.38. The van der Waals surface area contributed by atoms with Crippen molar-refractivity contribution in [2.24, 2.45) is 0 Å². The van der Waals surface area contributed by atoms with E-state index in [1.807, 2.05) is 4.90 Å². The summed E-state index contributed by atoms with van der Waals surface area (Å²) in [6, 6.07) is 5.72. The lowest BCUT2D eigenvalue weighted by atomic mass is 10.1. The number of carbonyl (C=O) groups excluding carboxylic acids is 2. The molecule has 3 atom stereocenters. The van der Waals surface area contributed by atoms with Gasteiger partial charge in [0, 0.05) is 55.0 Å². The van der Waals surface area contributed by atoms with Gasteiger partial charge >= 0.3 is 0 Å². The summed E-state index contributed by atoms with van der Waals surface area (Å²) >= 11 is 7.16. The first-order chi connectivity index (χ1) is 19.9. The van der Waals surface area contributed by atoms with E-state index in [0.717, 1.165) is 47.2 Å². The van der Waals surface area contributed by atoms with Crippen molar-refractivity contribution in [3.8, 4) is 0 Å². The summed E-state index contributed by atoms with van der Waals surface area (Å²) < 4.78 is 55.9. The molecule has 3 aliphatic rings. The predicted molar refractivity (Wildman–Crippen MR) is 164 cm³/mol. The average molecular weight is 660 g/mol. The van der Waals surface area contributed by atoms with E-state index in [4.69, 9.17) is 11.6 Å².